The second kappa shape index (κ2) is 7.87. The van der Waals surface area contributed by atoms with Crippen LogP contribution in [-0.2, 0) is 4.74 Å². The number of anilines is 2. The molecule has 0 aliphatic carbocycles. The SMILES string of the molecule is CNc1ncc(C)c(NCCCOCC(C)C)n1. The van der Waals surface area contributed by atoms with E-state index in [-0.39, 0.29) is 0 Å². The van der Waals surface area contributed by atoms with Gasteiger partial charge in [0.15, 0.2) is 0 Å². The quantitative estimate of drug-likeness (QED) is 0.695. The van der Waals surface area contributed by atoms with Gasteiger partial charge in [-0.2, -0.15) is 4.98 Å². The summed E-state index contributed by atoms with van der Waals surface area (Å²) in [6.45, 7) is 8.78. The van der Waals surface area contributed by atoms with Crippen LogP contribution in [0.2, 0.25) is 0 Å². The Morgan fingerprint density at radius 1 is 1.39 bits per heavy atom. The Balaban J connectivity index is 2.26. The number of nitrogens with zero attached hydrogens (tertiary/aromatic N) is 2. The predicted octanol–water partition coefficient (Wildman–Crippen LogP) is 2.30. The lowest BCUT2D eigenvalue weighted by molar-refractivity contribution is 0.110. The van der Waals surface area contributed by atoms with Gasteiger partial charge in [-0.05, 0) is 19.3 Å². The van der Waals surface area contributed by atoms with Crippen LogP contribution in [0, 0.1) is 12.8 Å². The monoisotopic (exact) mass is 252 g/mol. The first-order chi connectivity index (χ1) is 8.63. The molecule has 0 unspecified atom stereocenters. The van der Waals surface area contributed by atoms with Crippen molar-refractivity contribution in [3.63, 3.8) is 0 Å². The lowest BCUT2D eigenvalue weighted by Crippen LogP contribution is -2.11. The minimum Gasteiger partial charge on any atom is -0.381 e. The topological polar surface area (TPSA) is 59.1 Å². The molecule has 0 radical (unpaired) electrons. The summed E-state index contributed by atoms with van der Waals surface area (Å²) in [5.41, 5.74) is 1.05. The van der Waals surface area contributed by atoms with E-state index in [9.17, 15) is 0 Å². The fourth-order valence-corrected chi connectivity index (χ4v) is 1.44. The van der Waals surface area contributed by atoms with Crippen molar-refractivity contribution in [1.29, 1.82) is 0 Å². The van der Waals surface area contributed by atoms with E-state index in [1.807, 2.05) is 20.2 Å². The zero-order chi connectivity index (χ0) is 13.4. The van der Waals surface area contributed by atoms with E-state index in [0.717, 1.165) is 37.6 Å². The zero-order valence-corrected chi connectivity index (χ0v) is 11.8. The highest BCUT2D eigenvalue weighted by atomic mass is 16.5. The number of aryl methyl sites for hydroxylation is 1. The second-order valence-corrected chi connectivity index (χ2v) is 4.72. The molecule has 0 aliphatic heterocycles. The maximum absolute atomic E-state index is 5.52. The lowest BCUT2D eigenvalue weighted by atomic mass is 10.2. The molecule has 5 nitrogen and oxygen atoms in total. The normalized spacial score (nSPS) is 10.7. The van der Waals surface area contributed by atoms with Crippen LogP contribution in [0.25, 0.3) is 0 Å². The molecule has 0 atom stereocenters. The third-order valence-corrected chi connectivity index (χ3v) is 2.40. The molecule has 0 saturated carbocycles. The first-order valence-corrected chi connectivity index (χ1v) is 6.46. The zero-order valence-electron chi connectivity index (χ0n) is 11.8. The predicted molar refractivity (Wildman–Crippen MR) is 75.1 cm³/mol. The largest absolute Gasteiger partial charge is 0.381 e. The average Bonchev–Trinajstić information content (AvgIpc) is 2.35. The van der Waals surface area contributed by atoms with Crippen molar-refractivity contribution in [2.75, 3.05) is 37.4 Å². The maximum atomic E-state index is 5.52. The van der Waals surface area contributed by atoms with Crippen LogP contribution < -0.4 is 10.6 Å². The average molecular weight is 252 g/mol. The van der Waals surface area contributed by atoms with Gasteiger partial charge in [0.2, 0.25) is 5.95 Å². The van der Waals surface area contributed by atoms with Gasteiger partial charge in [0.05, 0.1) is 0 Å². The molecule has 0 saturated heterocycles. The highest BCUT2D eigenvalue weighted by Gasteiger charge is 2.01. The highest BCUT2D eigenvalue weighted by Crippen LogP contribution is 2.11. The van der Waals surface area contributed by atoms with Crippen molar-refractivity contribution in [1.82, 2.24) is 9.97 Å². The molecule has 0 bridgehead atoms. The third-order valence-electron chi connectivity index (χ3n) is 2.40. The second-order valence-electron chi connectivity index (χ2n) is 4.72. The fraction of sp³-hybridized carbons (Fsp3) is 0.692. The summed E-state index contributed by atoms with van der Waals surface area (Å²) in [6.07, 6.45) is 2.79. The van der Waals surface area contributed by atoms with E-state index in [1.54, 1.807) is 0 Å². The Labute approximate surface area is 109 Å². The van der Waals surface area contributed by atoms with E-state index in [2.05, 4.69) is 34.4 Å². The van der Waals surface area contributed by atoms with Crippen molar-refractivity contribution < 1.29 is 4.74 Å². The Morgan fingerprint density at radius 3 is 2.83 bits per heavy atom. The summed E-state index contributed by atoms with van der Waals surface area (Å²) >= 11 is 0. The van der Waals surface area contributed by atoms with Gasteiger partial charge in [-0.15, -0.1) is 0 Å². The number of rotatable bonds is 8. The Kier molecular flexibility index (Phi) is 6.43. The van der Waals surface area contributed by atoms with Crippen LogP contribution in [0.4, 0.5) is 11.8 Å². The van der Waals surface area contributed by atoms with Gasteiger partial charge in [0, 0.05) is 38.6 Å². The van der Waals surface area contributed by atoms with Gasteiger partial charge in [-0.3, -0.25) is 0 Å². The van der Waals surface area contributed by atoms with Crippen LogP contribution in [0.15, 0.2) is 6.20 Å². The molecule has 2 N–H and O–H groups in total. The highest BCUT2D eigenvalue weighted by molar-refractivity contribution is 5.46. The van der Waals surface area contributed by atoms with Crippen LogP contribution in [-0.4, -0.2) is 36.8 Å². The van der Waals surface area contributed by atoms with Crippen molar-refractivity contribution in [2.24, 2.45) is 5.92 Å². The van der Waals surface area contributed by atoms with Crippen molar-refractivity contribution in [3.8, 4) is 0 Å². The molecule has 18 heavy (non-hydrogen) atoms. The molecule has 0 amide bonds. The first-order valence-electron chi connectivity index (χ1n) is 6.46. The molecular formula is C13H24N4O. The minimum absolute atomic E-state index is 0.597. The van der Waals surface area contributed by atoms with E-state index in [4.69, 9.17) is 4.74 Å². The molecule has 0 spiro atoms. The van der Waals surface area contributed by atoms with Gasteiger partial charge in [0.25, 0.3) is 0 Å². The third kappa shape index (κ3) is 5.31. The Morgan fingerprint density at radius 2 is 2.17 bits per heavy atom. The van der Waals surface area contributed by atoms with Gasteiger partial charge in [0.1, 0.15) is 5.82 Å². The van der Waals surface area contributed by atoms with Gasteiger partial charge >= 0.3 is 0 Å². The molecule has 102 valence electrons. The van der Waals surface area contributed by atoms with Crippen LogP contribution >= 0.6 is 0 Å². The molecule has 1 aromatic heterocycles. The van der Waals surface area contributed by atoms with E-state index in [0.29, 0.717) is 11.9 Å². The first kappa shape index (κ1) is 14.7. The van der Waals surface area contributed by atoms with E-state index < -0.39 is 0 Å². The summed E-state index contributed by atoms with van der Waals surface area (Å²) in [5, 5.41) is 6.24. The molecule has 0 fully saturated rings. The molecule has 1 rings (SSSR count). The number of nitrogens with one attached hydrogen (secondary N) is 2. The lowest BCUT2D eigenvalue weighted by Gasteiger charge is -2.10. The standard InChI is InChI=1S/C13H24N4O/c1-10(2)9-18-7-5-6-15-12-11(3)8-16-13(14-4)17-12/h8,10H,5-7,9H2,1-4H3,(H2,14,15,16,17). The smallest absolute Gasteiger partial charge is 0.224 e. The fourth-order valence-electron chi connectivity index (χ4n) is 1.44. The van der Waals surface area contributed by atoms with Crippen molar-refractivity contribution in [3.05, 3.63) is 11.8 Å². The Bertz CT molecular complexity index is 355. The van der Waals surface area contributed by atoms with E-state index >= 15 is 0 Å². The number of aromatic nitrogens is 2. The summed E-state index contributed by atoms with van der Waals surface area (Å²) in [7, 11) is 1.81. The van der Waals surface area contributed by atoms with E-state index in [1.165, 1.54) is 0 Å². The summed E-state index contributed by atoms with van der Waals surface area (Å²) in [4.78, 5) is 8.51. The molecule has 0 aromatic carbocycles. The van der Waals surface area contributed by atoms with Gasteiger partial charge < -0.3 is 15.4 Å². The molecule has 1 aromatic rings. The van der Waals surface area contributed by atoms with Crippen LogP contribution in [0.3, 0.4) is 0 Å². The number of ether oxygens (including phenoxy) is 1. The molecule has 1 heterocycles. The van der Waals surface area contributed by atoms with Gasteiger partial charge in [-0.25, -0.2) is 4.98 Å². The molecule has 5 heteroatoms. The summed E-state index contributed by atoms with van der Waals surface area (Å²) < 4.78 is 5.52. The number of hydrogen-bond donors (Lipinski definition) is 2. The maximum Gasteiger partial charge on any atom is 0.224 e. The van der Waals surface area contributed by atoms with Crippen molar-refractivity contribution >= 4 is 11.8 Å². The minimum atomic E-state index is 0.597. The number of hydrogen-bond acceptors (Lipinski definition) is 5. The van der Waals surface area contributed by atoms with Crippen molar-refractivity contribution in [2.45, 2.75) is 27.2 Å². The molecule has 0 aliphatic rings. The molecular weight excluding hydrogens is 228 g/mol. The summed E-state index contributed by atoms with van der Waals surface area (Å²) in [5.74, 6) is 2.12. The van der Waals surface area contributed by atoms with Crippen LogP contribution in [0.1, 0.15) is 25.8 Å². The summed E-state index contributed by atoms with van der Waals surface area (Å²) in [6, 6.07) is 0. The Hall–Kier alpha value is -1.36. The van der Waals surface area contributed by atoms with Crippen LogP contribution in [0.5, 0.6) is 0 Å². The van der Waals surface area contributed by atoms with Gasteiger partial charge in [-0.1, -0.05) is 13.8 Å².